The van der Waals surface area contributed by atoms with Crippen molar-refractivity contribution in [3.05, 3.63) is 50.6 Å². The van der Waals surface area contributed by atoms with E-state index in [9.17, 15) is 48.0 Å². The minimum absolute atomic E-state index is 0. The molecule has 14 rings (SSSR count). The van der Waals surface area contributed by atoms with E-state index in [0.29, 0.717) is 22.3 Å². The molecule has 6 aliphatic heterocycles. The van der Waals surface area contributed by atoms with Crippen LogP contribution in [-0.2, 0) is 59.7 Å². The third-order valence-corrected chi connectivity index (χ3v) is 26.5. The summed E-state index contributed by atoms with van der Waals surface area (Å²) in [6.07, 6.45) is -2.93. The number of aliphatic hydroxyl groups is 2. The lowest BCUT2D eigenvalue weighted by atomic mass is 10.00. The second-order valence-electron chi connectivity index (χ2n) is 24.6. The lowest BCUT2D eigenvalue weighted by Gasteiger charge is -2.42. The molecule has 4 unspecified atom stereocenters. The van der Waals surface area contributed by atoms with Crippen molar-refractivity contribution in [3.8, 4) is 0 Å². The van der Waals surface area contributed by atoms with Gasteiger partial charge in [0.15, 0.2) is 72.9 Å². The van der Waals surface area contributed by atoms with Gasteiger partial charge in [0, 0.05) is 12.0 Å². The molecule has 14 heterocycles. The Hall–Kier alpha value is -6.38. The van der Waals surface area contributed by atoms with Crippen molar-refractivity contribution in [1.82, 2.24) is 111 Å². The molecule has 8 aromatic heterocycles. The summed E-state index contributed by atoms with van der Waals surface area (Å²) in [5, 5.41) is 31.9. The normalized spacial score (nSPS) is 32.7. The lowest BCUT2D eigenvalue weighted by molar-refractivity contribution is -0.209. The molecule has 0 spiro atoms. The van der Waals surface area contributed by atoms with E-state index in [1.807, 2.05) is 33.9 Å². The van der Waals surface area contributed by atoms with Gasteiger partial charge in [0.05, 0.1) is 69.9 Å². The molecule has 0 aliphatic carbocycles. The van der Waals surface area contributed by atoms with Crippen LogP contribution < -0.4 is 76.8 Å². The van der Waals surface area contributed by atoms with Crippen molar-refractivity contribution in [2.24, 2.45) is 17.4 Å². The van der Waals surface area contributed by atoms with Crippen molar-refractivity contribution in [1.29, 1.82) is 0 Å². The number of fused-ring (bicyclic) bond motifs is 8. The molecule has 52 heteroatoms. The van der Waals surface area contributed by atoms with E-state index in [1.165, 1.54) is 73.8 Å². The quantitative estimate of drug-likeness (QED) is 0.0825. The number of rotatable bonds is 6. The highest BCUT2D eigenvalue weighted by molar-refractivity contribution is 7.51. The molecule has 0 aromatic carbocycles. The first-order chi connectivity index (χ1) is 46.8. The molecule has 6 saturated heterocycles. The first kappa shape index (κ1) is 94.8. The monoisotopic (exact) mass is 1610 g/mol. The predicted octanol–water partition coefficient (Wildman–Crippen LogP) is 1.35. The summed E-state index contributed by atoms with van der Waals surface area (Å²) in [4.78, 5) is 98.2. The smallest absolute Gasteiger partial charge is 0.403 e. The molecule has 107 heavy (non-hydrogen) atoms. The molecule has 8 aromatic rings. The summed E-state index contributed by atoms with van der Waals surface area (Å²) in [5.41, 5.74) is 34.8. The highest BCUT2D eigenvalue weighted by Crippen LogP contribution is 2.51. The van der Waals surface area contributed by atoms with Crippen molar-refractivity contribution in [2.45, 2.75) is 182 Å². The third kappa shape index (κ3) is 19.0. The molecular weight excluding hydrogens is 1510 g/mol. The summed E-state index contributed by atoms with van der Waals surface area (Å²) in [5.74, 6) is -0.162. The molecule has 0 bridgehead atoms. The van der Waals surface area contributed by atoms with Gasteiger partial charge >= 0.3 is 15.5 Å². The number of ether oxygens (including phenoxy) is 4. The van der Waals surface area contributed by atoms with Crippen LogP contribution in [0.25, 0.3) is 44.7 Å². The summed E-state index contributed by atoms with van der Waals surface area (Å²) < 4.78 is 113. The topological polar surface area (TPSA) is 727 Å². The Bertz CT molecular complexity index is 4300. The molecule has 20 atom stereocenters. The highest BCUT2D eigenvalue weighted by Gasteiger charge is 2.56. The highest BCUT2D eigenvalue weighted by atomic mass is 31.2. The summed E-state index contributed by atoms with van der Waals surface area (Å²) in [6.45, 7) is 9.37. The average molecular weight is 1620 g/mol. The Labute approximate surface area is 618 Å². The number of nitrogens with one attached hydrogen (secondary N) is 4. The number of hydrogen-bond acceptors (Lipinski definition) is 37. The Morgan fingerprint density at radius 2 is 0.748 bits per heavy atom. The van der Waals surface area contributed by atoms with Gasteiger partial charge in [0.2, 0.25) is 15.5 Å². The van der Waals surface area contributed by atoms with Crippen molar-refractivity contribution in [2.75, 3.05) is 63.5 Å². The van der Waals surface area contributed by atoms with Crippen molar-refractivity contribution >= 4 is 107 Å². The van der Waals surface area contributed by atoms with Gasteiger partial charge in [-0.25, -0.2) is 84.2 Å². The van der Waals surface area contributed by atoms with Crippen LogP contribution in [0, 0.1) is 5.92 Å². The van der Waals surface area contributed by atoms with Gasteiger partial charge in [-0.1, -0.05) is 72.3 Å². The molecule has 0 saturated carbocycles. The molecule has 0 radical (unpaired) electrons. The van der Waals surface area contributed by atoms with E-state index in [0.717, 1.165) is 0 Å². The molecule has 6 aliphatic rings. The SMILES string of the molecule is C.C.C.C.C.C.CN.CN.C[C@@H]1[C@@H]2NP(=O)([O-])OC[C@H]3O[C@@H](n4cnc5c(N)ncnc54)[C@H](O[Si](C)(C)C(C)(C)C)[C@@H]3NP(=O)([O-])OC[C@H]2O[C@H]1n1cnc2c(N)ncnc21.N.N.Nc1ncnc2c1ncn2[C@@H]1O[C@@H]2COP(=O)(O)N[C@H]3[C@@H](O)[C@H](n4cnc5c(N)ncnc54)O[C@@H]3COP(=O)(O)N[C@H]2[C@H]1O. The average Bonchev–Trinajstić information content (AvgIpc) is 1.61. The Morgan fingerprint density at radius 1 is 0.467 bits per heavy atom. The van der Waals surface area contributed by atoms with Crippen LogP contribution in [-0.4, -0.2) is 214 Å². The fraction of sp³-hybridized carbons (Fsp3) is 0.636. The summed E-state index contributed by atoms with van der Waals surface area (Å²) >= 11 is 0. The first-order valence-electron chi connectivity index (χ1n) is 30.3. The second kappa shape index (κ2) is 36.6. The number of nitrogens with two attached hydrogens (primary N) is 6. The van der Waals surface area contributed by atoms with Gasteiger partial charge < -0.3 is 109 Å². The Kier molecular flexibility index (Phi) is 32.5. The molecule has 6 fully saturated rings. The van der Waals surface area contributed by atoms with Gasteiger partial charge in [0.1, 0.15) is 96.3 Å². The van der Waals surface area contributed by atoms with E-state index in [4.69, 9.17) is 64.4 Å². The number of hydrogen-bond donors (Lipinski definition) is 16. The maximum atomic E-state index is 13.8. The van der Waals surface area contributed by atoms with E-state index >= 15 is 0 Å². The molecule has 606 valence electrons. The minimum atomic E-state index is -4.92. The fourth-order valence-electron chi connectivity index (χ4n) is 11.8. The Balaban J connectivity index is 0.000000499. The predicted molar refractivity (Wildman–Crippen MR) is 395 cm³/mol. The maximum Gasteiger partial charge on any atom is 0.403 e. The van der Waals surface area contributed by atoms with Crippen LogP contribution in [0.1, 0.15) is 97.2 Å². The van der Waals surface area contributed by atoms with Gasteiger partial charge in [-0.2, -0.15) is 0 Å². The van der Waals surface area contributed by atoms with Gasteiger partial charge in [0.25, 0.3) is 0 Å². The van der Waals surface area contributed by atoms with E-state index in [-0.39, 0.29) is 107 Å². The van der Waals surface area contributed by atoms with E-state index < -0.39 is 163 Å². The second-order valence-corrected chi connectivity index (χ2v) is 35.5. The summed E-state index contributed by atoms with van der Waals surface area (Å²) in [7, 11) is -18.9. The maximum absolute atomic E-state index is 13.8. The van der Waals surface area contributed by atoms with Crippen LogP contribution in [0.2, 0.25) is 18.1 Å². The van der Waals surface area contributed by atoms with E-state index in [2.05, 4.69) is 91.6 Å². The molecule has 47 nitrogen and oxygen atoms in total. The van der Waals surface area contributed by atoms with Crippen LogP contribution in [0.3, 0.4) is 0 Å². The zero-order chi connectivity index (χ0) is 71.6. The molecule has 26 N–H and O–H groups in total. The number of anilines is 4. The number of nitrogens with zero attached hydrogens (tertiary/aromatic N) is 16. The first-order valence-corrected chi connectivity index (χ1v) is 39.4. The number of aliphatic hydroxyl groups excluding tert-OH is 2. The van der Waals surface area contributed by atoms with Crippen molar-refractivity contribution < 1.29 is 89.5 Å². The zero-order valence-electron chi connectivity index (χ0n) is 55.4. The number of nitrogen functional groups attached to an aromatic ring is 4. The third-order valence-electron chi connectivity index (χ3n) is 17.6. The largest absolute Gasteiger partial charge is 0.766 e. The number of aromatic nitrogens is 16. The minimum Gasteiger partial charge on any atom is -0.766 e. The summed E-state index contributed by atoms with van der Waals surface area (Å²) in [6, 6.07) is -4.88. The van der Waals surface area contributed by atoms with Crippen molar-refractivity contribution in [3.63, 3.8) is 0 Å². The van der Waals surface area contributed by atoms with Gasteiger partial charge in [-0.15, -0.1) is 0 Å². The molecular formula is C55H106N28O19P4Si-2. The lowest BCUT2D eigenvalue weighted by Crippen LogP contribution is -2.53. The van der Waals surface area contributed by atoms with Gasteiger partial charge in [-0.05, 0) is 32.2 Å². The Morgan fingerprint density at radius 3 is 1.09 bits per heavy atom. The number of imidazole rings is 4. The van der Waals surface area contributed by atoms with Crippen LogP contribution in [0.15, 0.2) is 50.6 Å². The standard InChI is InChI=1S/C27H42N12O9P2Si.C20H26N12O10P2.2CH5N.6CH4.2H3N/c1-13-16-14(46-25(13)38-11-34-18-21(28)30-9-32-23(18)38)7-44-50(42,43)37-17-15(8-45-49(40,41)36-16)47-26(20(17)48-51(5,6)27(2,3)4)39-12-35-19-22(29)31-10-33-24(19)39;21-15-11-17(25-3-23-15)31(5-27-11)19-13(33)9-7(41-19)1-39-43(35,36)30-10-8(2-40-44(37,38)29-9)42-20(14(10)34)32-6-28-12-16(22)24-4-26-18(12)32;2*1-2;;;;;;;;/h9-17,20,25-26H,7-8H2,1-6H3,(H2,28,30,32)(H2,29,31,33)(H2,36,40,41)(H2,37,42,43);3-10,13-14,19-20,33-34H,1-2H2,(H2,21,23,25)(H2,22,24,26)(H2,29,37,38)(H2,30,35,36);2*2H2,1H3;6*1H4;2*1H3/p-2/t13-,14-,15-,16+,17-,20-,25-,26-;7-,8-,9-,10-,13-,14-,19-,20-;;;;;;;;;;/m11........../s1. The van der Waals surface area contributed by atoms with Crippen LogP contribution >= 0.6 is 31.0 Å². The van der Waals surface area contributed by atoms with Crippen LogP contribution in [0.5, 0.6) is 0 Å². The van der Waals surface area contributed by atoms with Gasteiger partial charge in [-0.3, -0.25) is 41.5 Å². The molecule has 0 amide bonds. The van der Waals surface area contributed by atoms with Crippen LogP contribution in [0.4, 0.5) is 23.3 Å². The zero-order valence-corrected chi connectivity index (χ0v) is 60.0. The van der Waals surface area contributed by atoms with E-state index in [1.54, 1.807) is 16.1 Å². The fourth-order valence-corrected chi connectivity index (χ4v) is 17.6.